The maximum atomic E-state index is 12.5. The first-order chi connectivity index (χ1) is 9.41. The zero-order chi connectivity index (χ0) is 15.2. The molecule has 0 amide bonds. The lowest BCUT2D eigenvalue weighted by Gasteiger charge is -2.20. The van der Waals surface area contributed by atoms with Crippen LogP contribution >= 0.6 is 12.2 Å². The highest BCUT2D eigenvalue weighted by molar-refractivity contribution is 7.89. The topological polar surface area (TPSA) is 63.4 Å². The largest absolute Gasteiger partial charge is 0.393 e. The molecule has 0 saturated carbocycles. The molecule has 0 heterocycles. The van der Waals surface area contributed by atoms with Gasteiger partial charge in [-0.25, -0.2) is 8.42 Å². The molecular formula is C14H22N2O2S2. The first-order valence-corrected chi connectivity index (χ1v) is 8.64. The van der Waals surface area contributed by atoms with Gasteiger partial charge in [-0.15, -0.1) is 0 Å². The third kappa shape index (κ3) is 4.54. The lowest BCUT2D eigenvalue weighted by molar-refractivity contribution is 0.437. The lowest BCUT2D eigenvalue weighted by atomic mass is 10.1. The number of aryl methyl sites for hydroxylation is 1. The Bertz CT molecular complexity index is 539. The fraction of sp³-hybridized carbons (Fsp3) is 0.500. The number of rotatable bonds is 8. The molecule has 20 heavy (non-hydrogen) atoms. The van der Waals surface area contributed by atoms with Gasteiger partial charge in [-0.2, -0.15) is 4.31 Å². The number of nitrogens with two attached hydrogens (primary N) is 1. The van der Waals surface area contributed by atoms with Crippen LogP contribution in [-0.4, -0.2) is 30.8 Å². The van der Waals surface area contributed by atoms with E-state index in [1.807, 2.05) is 19.1 Å². The Labute approximate surface area is 127 Å². The second kappa shape index (κ2) is 7.71. The monoisotopic (exact) mass is 314 g/mol. The van der Waals surface area contributed by atoms with Gasteiger partial charge in [0.25, 0.3) is 0 Å². The third-order valence-corrected chi connectivity index (χ3v) is 5.25. The molecule has 0 unspecified atom stereocenters. The van der Waals surface area contributed by atoms with Gasteiger partial charge >= 0.3 is 0 Å². The second-order valence-corrected chi connectivity index (χ2v) is 7.07. The Balaban J connectivity index is 2.92. The lowest BCUT2D eigenvalue weighted by Crippen LogP contribution is -2.33. The molecule has 0 fully saturated rings. The second-order valence-electron chi connectivity index (χ2n) is 4.61. The van der Waals surface area contributed by atoms with Crippen molar-refractivity contribution < 1.29 is 8.42 Å². The molecule has 1 rings (SSSR count). The predicted molar refractivity (Wildman–Crippen MR) is 86.3 cm³/mol. The molecular weight excluding hydrogens is 292 g/mol. The van der Waals surface area contributed by atoms with E-state index in [2.05, 4.69) is 6.92 Å². The minimum atomic E-state index is -3.46. The average molecular weight is 314 g/mol. The maximum Gasteiger partial charge on any atom is 0.243 e. The van der Waals surface area contributed by atoms with Crippen LogP contribution in [0.2, 0.25) is 0 Å². The Kier molecular flexibility index (Phi) is 6.58. The van der Waals surface area contributed by atoms with Crippen LogP contribution in [0.5, 0.6) is 0 Å². The maximum absolute atomic E-state index is 12.5. The molecule has 0 aliphatic rings. The van der Waals surface area contributed by atoms with E-state index in [4.69, 9.17) is 18.0 Å². The molecule has 0 radical (unpaired) electrons. The summed E-state index contributed by atoms with van der Waals surface area (Å²) in [6.07, 6.45) is 2.40. The molecule has 0 aliphatic heterocycles. The van der Waals surface area contributed by atoms with Crippen LogP contribution in [0, 0.1) is 0 Å². The van der Waals surface area contributed by atoms with Gasteiger partial charge in [0.15, 0.2) is 0 Å². The fourth-order valence-corrected chi connectivity index (χ4v) is 3.49. The van der Waals surface area contributed by atoms with E-state index in [-0.39, 0.29) is 0 Å². The van der Waals surface area contributed by atoms with Crippen LogP contribution in [0.1, 0.15) is 32.3 Å². The van der Waals surface area contributed by atoms with Crippen LogP contribution in [0.25, 0.3) is 0 Å². The molecule has 0 aromatic heterocycles. The minimum absolute atomic E-state index is 0.321. The number of hydrogen-bond acceptors (Lipinski definition) is 3. The molecule has 1 aromatic carbocycles. The molecule has 2 N–H and O–H groups in total. The fourth-order valence-electron chi connectivity index (χ4n) is 1.95. The van der Waals surface area contributed by atoms with Crippen LogP contribution in [-0.2, 0) is 16.4 Å². The summed E-state index contributed by atoms with van der Waals surface area (Å²) in [6.45, 7) is 4.63. The van der Waals surface area contributed by atoms with Crippen LogP contribution in [0.3, 0.4) is 0 Å². The van der Waals surface area contributed by atoms with Crippen LogP contribution in [0.15, 0.2) is 29.2 Å². The molecule has 112 valence electrons. The molecule has 0 bridgehead atoms. The van der Waals surface area contributed by atoms with Crippen molar-refractivity contribution in [1.29, 1.82) is 0 Å². The number of nitrogens with zero attached hydrogens (tertiary/aromatic N) is 1. The minimum Gasteiger partial charge on any atom is -0.393 e. The molecule has 4 nitrogen and oxygen atoms in total. The average Bonchev–Trinajstić information content (AvgIpc) is 2.40. The van der Waals surface area contributed by atoms with Crippen molar-refractivity contribution in [2.45, 2.75) is 38.0 Å². The van der Waals surface area contributed by atoms with Crippen molar-refractivity contribution in [1.82, 2.24) is 4.31 Å². The number of thiocarbonyl (C=S) groups is 1. The quantitative estimate of drug-likeness (QED) is 0.748. The van der Waals surface area contributed by atoms with E-state index < -0.39 is 10.0 Å². The van der Waals surface area contributed by atoms with E-state index in [9.17, 15) is 8.42 Å². The van der Waals surface area contributed by atoms with Gasteiger partial charge in [-0.05, 0) is 24.1 Å². The van der Waals surface area contributed by atoms with Gasteiger partial charge < -0.3 is 5.73 Å². The van der Waals surface area contributed by atoms with E-state index in [1.165, 1.54) is 4.31 Å². The van der Waals surface area contributed by atoms with Crippen LogP contribution < -0.4 is 5.73 Å². The first-order valence-electron chi connectivity index (χ1n) is 6.79. The number of benzene rings is 1. The van der Waals surface area contributed by atoms with Crippen molar-refractivity contribution in [3.63, 3.8) is 0 Å². The highest BCUT2D eigenvalue weighted by atomic mass is 32.2. The van der Waals surface area contributed by atoms with Gasteiger partial charge in [0.05, 0.1) is 9.88 Å². The van der Waals surface area contributed by atoms with Gasteiger partial charge in [0.1, 0.15) is 0 Å². The summed E-state index contributed by atoms with van der Waals surface area (Å²) in [5.74, 6) is 0. The van der Waals surface area contributed by atoms with Crippen molar-refractivity contribution in [2.75, 3.05) is 13.1 Å². The standard InChI is InChI=1S/C14H22N2O2S2/c1-3-5-12-6-8-13(9-7-12)20(17,18)16(4-2)11-10-14(15)19/h6-9H,3-5,10-11H2,1-2H3,(H2,15,19). The van der Waals surface area contributed by atoms with E-state index >= 15 is 0 Å². The highest BCUT2D eigenvalue weighted by Crippen LogP contribution is 2.17. The zero-order valence-electron chi connectivity index (χ0n) is 12.0. The van der Waals surface area contributed by atoms with Crippen molar-refractivity contribution in [3.8, 4) is 0 Å². The Morgan fingerprint density at radius 1 is 1.25 bits per heavy atom. The molecule has 0 spiro atoms. The zero-order valence-corrected chi connectivity index (χ0v) is 13.6. The van der Waals surface area contributed by atoms with E-state index in [0.717, 1.165) is 18.4 Å². The van der Waals surface area contributed by atoms with Gasteiger partial charge in [0.2, 0.25) is 10.0 Å². The number of hydrogen-bond donors (Lipinski definition) is 1. The highest BCUT2D eigenvalue weighted by Gasteiger charge is 2.22. The molecule has 0 saturated heterocycles. The van der Waals surface area contributed by atoms with Gasteiger partial charge in [-0.3, -0.25) is 0 Å². The first kappa shape index (κ1) is 17.1. The van der Waals surface area contributed by atoms with Crippen LogP contribution in [0.4, 0.5) is 0 Å². The summed E-state index contributed by atoms with van der Waals surface area (Å²) in [5, 5.41) is 0. The summed E-state index contributed by atoms with van der Waals surface area (Å²) >= 11 is 4.80. The molecule has 0 aliphatic carbocycles. The van der Waals surface area contributed by atoms with E-state index in [0.29, 0.717) is 29.4 Å². The van der Waals surface area contributed by atoms with Gasteiger partial charge in [-0.1, -0.05) is 44.6 Å². The normalized spacial score (nSPS) is 11.8. The van der Waals surface area contributed by atoms with E-state index in [1.54, 1.807) is 12.1 Å². The Morgan fingerprint density at radius 2 is 1.85 bits per heavy atom. The van der Waals surface area contributed by atoms with Gasteiger partial charge in [0, 0.05) is 19.5 Å². The van der Waals surface area contributed by atoms with Crippen molar-refractivity contribution >= 4 is 27.2 Å². The predicted octanol–water partition coefficient (Wildman–Crippen LogP) is 2.33. The summed E-state index contributed by atoms with van der Waals surface area (Å²) < 4.78 is 26.4. The Morgan fingerprint density at radius 3 is 2.30 bits per heavy atom. The van der Waals surface area contributed by atoms with Crippen molar-refractivity contribution in [2.24, 2.45) is 5.73 Å². The summed E-state index contributed by atoms with van der Waals surface area (Å²) in [6, 6.07) is 7.09. The molecule has 0 atom stereocenters. The third-order valence-electron chi connectivity index (χ3n) is 3.06. The molecule has 1 aromatic rings. The number of sulfonamides is 1. The summed E-state index contributed by atoms with van der Waals surface area (Å²) in [4.78, 5) is 0.652. The molecule has 6 heteroatoms. The Hall–Kier alpha value is -0.980. The summed E-state index contributed by atoms with van der Waals surface area (Å²) in [5.41, 5.74) is 6.59. The van der Waals surface area contributed by atoms with Crippen molar-refractivity contribution in [3.05, 3.63) is 29.8 Å². The SMILES string of the molecule is CCCc1ccc(S(=O)(=O)N(CC)CCC(N)=S)cc1. The summed E-state index contributed by atoms with van der Waals surface area (Å²) in [7, 11) is -3.46. The smallest absolute Gasteiger partial charge is 0.243 e.